The highest BCUT2D eigenvalue weighted by molar-refractivity contribution is 7.99. The first-order chi connectivity index (χ1) is 10.6. The van der Waals surface area contributed by atoms with E-state index in [0.29, 0.717) is 5.75 Å². The Labute approximate surface area is 137 Å². The Hall–Kier alpha value is -1.74. The van der Waals surface area contributed by atoms with E-state index in [9.17, 15) is 4.79 Å². The Kier molecular flexibility index (Phi) is 6.08. The van der Waals surface area contributed by atoms with Crippen LogP contribution in [0.5, 0.6) is 0 Å². The van der Waals surface area contributed by atoms with Crippen LogP contribution < -0.4 is 5.32 Å². The molecule has 0 aliphatic carbocycles. The molecule has 3 heteroatoms. The lowest BCUT2D eigenvalue weighted by Crippen LogP contribution is -2.28. The maximum Gasteiger partial charge on any atom is 0.230 e. The minimum atomic E-state index is 0.0455. The van der Waals surface area contributed by atoms with Crippen molar-refractivity contribution in [2.24, 2.45) is 0 Å². The molecule has 0 spiro atoms. The molecular formula is C19H23NOS. The summed E-state index contributed by atoms with van der Waals surface area (Å²) in [4.78, 5) is 12.0. The van der Waals surface area contributed by atoms with Crippen LogP contribution in [0.2, 0.25) is 0 Å². The van der Waals surface area contributed by atoms with Crippen molar-refractivity contribution in [2.45, 2.75) is 32.6 Å². The quantitative estimate of drug-likeness (QED) is 0.855. The van der Waals surface area contributed by atoms with E-state index in [1.807, 2.05) is 25.1 Å². The third-order valence-electron chi connectivity index (χ3n) is 3.75. The van der Waals surface area contributed by atoms with E-state index in [1.165, 1.54) is 16.7 Å². The number of nitrogens with one attached hydrogen (secondary N) is 1. The summed E-state index contributed by atoms with van der Waals surface area (Å²) < 4.78 is 0. The molecule has 0 fully saturated rings. The summed E-state index contributed by atoms with van der Waals surface area (Å²) in [6.45, 7) is 6.23. The van der Waals surface area contributed by atoms with Gasteiger partial charge in [-0.3, -0.25) is 4.79 Å². The number of hydrogen-bond donors (Lipinski definition) is 1. The van der Waals surface area contributed by atoms with Gasteiger partial charge < -0.3 is 5.32 Å². The summed E-state index contributed by atoms with van der Waals surface area (Å²) >= 11 is 1.65. The van der Waals surface area contributed by atoms with E-state index in [0.717, 1.165) is 11.3 Å². The summed E-state index contributed by atoms with van der Waals surface area (Å²) in [5.74, 6) is 1.45. The zero-order valence-electron chi connectivity index (χ0n) is 13.4. The molecule has 2 rings (SSSR count). The third kappa shape index (κ3) is 4.92. The largest absolute Gasteiger partial charge is 0.349 e. The summed E-state index contributed by atoms with van der Waals surface area (Å²) in [6.07, 6.45) is 0. The summed E-state index contributed by atoms with van der Waals surface area (Å²) in [6, 6.07) is 16.6. The van der Waals surface area contributed by atoms with Crippen LogP contribution in [0.15, 0.2) is 48.5 Å². The normalized spacial score (nSPS) is 12.0. The fraction of sp³-hybridized carbons (Fsp3) is 0.316. The molecule has 0 unspecified atom stereocenters. The second kappa shape index (κ2) is 8.04. The van der Waals surface area contributed by atoms with Crippen molar-refractivity contribution in [1.29, 1.82) is 0 Å². The van der Waals surface area contributed by atoms with E-state index in [4.69, 9.17) is 0 Å². The monoisotopic (exact) mass is 313 g/mol. The number of thioether (sulfide) groups is 1. The molecule has 0 radical (unpaired) electrons. The van der Waals surface area contributed by atoms with E-state index < -0.39 is 0 Å². The number of carbonyl (C=O) groups excluding carboxylic acids is 1. The van der Waals surface area contributed by atoms with E-state index in [-0.39, 0.29) is 11.9 Å². The molecule has 22 heavy (non-hydrogen) atoms. The molecule has 1 atom stereocenters. The lowest BCUT2D eigenvalue weighted by Gasteiger charge is -2.15. The Morgan fingerprint density at radius 1 is 1.09 bits per heavy atom. The highest BCUT2D eigenvalue weighted by Crippen LogP contribution is 2.17. The van der Waals surface area contributed by atoms with Gasteiger partial charge in [0.25, 0.3) is 0 Å². The molecule has 116 valence electrons. The Bertz CT molecular complexity index is 625. The Morgan fingerprint density at radius 2 is 1.82 bits per heavy atom. The highest BCUT2D eigenvalue weighted by Gasteiger charge is 2.10. The van der Waals surface area contributed by atoms with Crippen molar-refractivity contribution in [2.75, 3.05) is 5.75 Å². The molecule has 2 nitrogen and oxygen atoms in total. The van der Waals surface area contributed by atoms with Gasteiger partial charge >= 0.3 is 0 Å². The van der Waals surface area contributed by atoms with Crippen LogP contribution in [0.1, 0.15) is 35.2 Å². The first kappa shape index (κ1) is 16.6. The highest BCUT2D eigenvalue weighted by atomic mass is 32.2. The van der Waals surface area contributed by atoms with Crippen molar-refractivity contribution in [3.8, 4) is 0 Å². The third-order valence-corrected chi connectivity index (χ3v) is 4.76. The van der Waals surface area contributed by atoms with Gasteiger partial charge in [-0.05, 0) is 43.0 Å². The Balaban J connectivity index is 1.80. The molecule has 0 bridgehead atoms. The van der Waals surface area contributed by atoms with Crippen molar-refractivity contribution in [3.05, 3.63) is 70.8 Å². The van der Waals surface area contributed by atoms with Crippen molar-refractivity contribution in [3.63, 3.8) is 0 Å². The van der Waals surface area contributed by atoms with Gasteiger partial charge in [0.05, 0.1) is 11.8 Å². The van der Waals surface area contributed by atoms with E-state index >= 15 is 0 Å². The number of aryl methyl sites for hydroxylation is 2. The van der Waals surface area contributed by atoms with Crippen LogP contribution in [0.25, 0.3) is 0 Å². The van der Waals surface area contributed by atoms with E-state index in [2.05, 4.69) is 49.5 Å². The summed E-state index contributed by atoms with van der Waals surface area (Å²) in [5, 5.41) is 3.07. The van der Waals surface area contributed by atoms with Crippen molar-refractivity contribution in [1.82, 2.24) is 5.32 Å². The maximum atomic E-state index is 12.0. The van der Waals surface area contributed by atoms with Gasteiger partial charge in [0.1, 0.15) is 0 Å². The minimum absolute atomic E-state index is 0.0455. The standard InChI is InChI=1S/C19H23NOS/c1-14-9-10-18(11-15(14)2)16(3)20-19(21)13-22-12-17-7-5-4-6-8-17/h4-11,16H,12-13H2,1-3H3,(H,20,21)/t16-/m1/s1. The molecule has 2 aromatic carbocycles. The van der Waals surface area contributed by atoms with E-state index in [1.54, 1.807) is 11.8 Å². The average molecular weight is 313 g/mol. The molecule has 0 saturated carbocycles. The van der Waals surface area contributed by atoms with Crippen LogP contribution in [0.4, 0.5) is 0 Å². The molecule has 0 aliphatic rings. The smallest absolute Gasteiger partial charge is 0.230 e. The van der Waals surface area contributed by atoms with Crippen molar-refractivity contribution < 1.29 is 4.79 Å². The number of rotatable bonds is 6. The second-order valence-corrected chi connectivity index (χ2v) is 6.60. The van der Waals surface area contributed by atoms with Crippen LogP contribution in [0, 0.1) is 13.8 Å². The van der Waals surface area contributed by atoms with Gasteiger partial charge in [-0.25, -0.2) is 0 Å². The molecule has 0 aliphatic heterocycles. The first-order valence-corrected chi connectivity index (χ1v) is 8.70. The summed E-state index contributed by atoms with van der Waals surface area (Å²) in [7, 11) is 0. The predicted octanol–water partition coefficient (Wildman–Crippen LogP) is 4.41. The zero-order chi connectivity index (χ0) is 15.9. The SMILES string of the molecule is Cc1ccc([C@@H](C)NC(=O)CSCc2ccccc2)cc1C. The Morgan fingerprint density at radius 3 is 2.50 bits per heavy atom. The average Bonchev–Trinajstić information content (AvgIpc) is 2.51. The molecule has 1 amide bonds. The lowest BCUT2D eigenvalue weighted by molar-refractivity contribution is -0.119. The van der Waals surface area contributed by atoms with Crippen LogP contribution in [-0.2, 0) is 10.5 Å². The topological polar surface area (TPSA) is 29.1 Å². The maximum absolute atomic E-state index is 12.0. The molecule has 1 N–H and O–H groups in total. The number of amides is 1. The zero-order valence-corrected chi connectivity index (χ0v) is 14.2. The van der Waals surface area contributed by atoms with Gasteiger partial charge in [-0.15, -0.1) is 11.8 Å². The fourth-order valence-corrected chi connectivity index (χ4v) is 3.04. The second-order valence-electron chi connectivity index (χ2n) is 5.61. The molecular weight excluding hydrogens is 290 g/mol. The summed E-state index contributed by atoms with van der Waals surface area (Å²) in [5.41, 5.74) is 4.95. The lowest BCUT2D eigenvalue weighted by atomic mass is 10.0. The number of benzene rings is 2. The van der Waals surface area contributed by atoms with Gasteiger partial charge in [0.15, 0.2) is 0 Å². The van der Waals surface area contributed by atoms with Gasteiger partial charge in [-0.2, -0.15) is 0 Å². The van der Waals surface area contributed by atoms with Crippen molar-refractivity contribution >= 4 is 17.7 Å². The van der Waals surface area contributed by atoms with Crippen LogP contribution >= 0.6 is 11.8 Å². The minimum Gasteiger partial charge on any atom is -0.349 e. The van der Waals surface area contributed by atoms with Gasteiger partial charge in [0, 0.05) is 5.75 Å². The predicted molar refractivity (Wildman–Crippen MR) is 95.1 cm³/mol. The van der Waals surface area contributed by atoms with Gasteiger partial charge in [0.2, 0.25) is 5.91 Å². The number of hydrogen-bond acceptors (Lipinski definition) is 2. The van der Waals surface area contributed by atoms with Gasteiger partial charge in [-0.1, -0.05) is 48.5 Å². The first-order valence-electron chi connectivity index (χ1n) is 7.54. The molecule has 2 aromatic rings. The number of carbonyl (C=O) groups is 1. The molecule has 0 heterocycles. The molecule has 0 aromatic heterocycles. The van der Waals surface area contributed by atoms with Crippen LogP contribution in [0.3, 0.4) is 0 Å². The fourth-order valence-electron chi connectivity index (χ4n) is 2.24. The van der Waals surface area contributed by atoms with Crippen LogP contribution in [-0.4, -0.2) is 11.7 Å². The molecule has 0 saturated heterocycles.